The highest BCUT2D eigenvalue weighted by Crippen LogP contribution is 2.24. The van der Waals surface area contributed by atoms with Crippen molar-refractivity contribution in [2.24, 2.45) is 0 Å². The number of aromatic carboxylic acids is 1. The molecular formula is C21H21N3O3. The Labute approximate surface area is 157 Å². The van der Waals surface area contributed by atoms with E-state index in [1.54, 1.807) is 19.2 Å². The minimum absolute atomic E-state index is 0.293. The molecule has 0 unspecified atom stereocenters. The van der Waals surface area contributed by atoms with E-state index in [4.69, 9.17) is 4.74 Å². The number of allylic oxidation sites excluding steroid dienone is 2. The van der Waals surface area contributed by atoms with E-state index in [9.17, 15) is 9.90 Å². The number of rotatable bonds is 7. The number of carboxylic acids is 1. The van der Waals surface area contributed by atoms with E-state index in [1.165, 1.54) is 0 Å². The molecule has 27 heavy (non-hydrogen) atoms. The topological polar surface area (TPSA) is 77.2 Å². The minimum atomic E-state index is -0.932. The first-order valence-corrected chi connectivity index (χ1v) is 8.63. The van der Waals surface area contributed by atoms with Gasteiger partial charge in [0.25, 0.3) is 0 Å². The predicted molar refractivity (Wildman–Crippen MR) is 103 cm³/mol. The standard InChI is InChI=1S/C21H21N3O3/c1-3-4-13-24-19(22-21(23-24)27-2)14-15-9-11-16(12-10-15)17-7-5-6-8-18(17)20(25)26/h3-12H,13-14H2,1-2H3,(H,25,26)/b4-3+. The Bertz CT molecular complexity index is 959. The Hall–Kier alpha value is -3.41. The van der Waals surface area contributed by atoms with Crippen LogP contribution in [0.1, 0.15) is 28.7 Å². The number of hydrogen-bond acceptors (Lipinski definition) is 4. The largest absolute Gasteiger partial charge is 0.478 e. The lowest BCUT2D eigenvalue weighted by molar-refractivity contribution is 0.0697. The van der Waals surface area contributed by atoms with Gasteiger partial charge >= 0.3 is 12.0 Å². The highest BCUT2D eigenvalue weighted by Gasteiger charge is 2.12. The molecule has 6 nitrogen and oxygen atoms in total. The van der Waals surface area contributed by atoms with Crippen LogP contribution in [0.25, 0.3) is 11.1 Å². The van der Waals surface area contributed by atoms with Crippen LogP contribution in [0.3, 0.4) is 0 Å². The summed E-state index contributed by atoms with van der Waals surface area (Å²) in [4.78, 5) is 15.8. The maximum absolute atomic E-state index is 11.4. The highest BCUT2D eigenvalue weighted by molar-refractivity contribution is 5.95. The first kappa shape index (κ1) is 18.4. The molecule has 0 spiro atoms. The fourth-order valence-electron chi connectivity index (χ4n) is 2.83. The van der Waals surface area contributed by atoms with Gasteiger partial charge in [-0.3, -0.25) is 0 Å². The minimum Gasteiger partial charge on any atom is -0.478 e. The summed E-state index contributed by atoms with van der Waals surface area (Å²) in [7, 11) is 1.55. The summed E-state index contributed by atoms with van der Waals surface area (Å²) >= 11 is 0. The van der Waals surface area contributed by atoms with E-state index in [-0.39, 0.29) is 0 Å². The van der Waals surface area contributed by atoms with Crippen LogP contribution in [0.5, 0.6) is 6.01 Å². The van der Waals surface area contributed by atoms with Crippen LogP contribution in [-0.4, -0.2) is 33.0 Å². The third kappa shape index (κ3) is 4.23. The van der Waals surface area contributed by atoms with E-state index in [0.29, 0.717) is 30.1 Å². The van der Waals surface area contributed by atoms with Crippen LogP contribution in [0.4, 0.5) is 0 Å². The van der Waals surface area contributed by atoms with Crippen molar-refractivity contribution in [3.63, 3.8) is 0 Å². The number of methoxy groups -OCH3 is 1. The number of hydrogen-bond donors (Lipinski definition) is 1. The van der Waals surface area contributed by atoms with Gasteiger partial charge in [-0.15, -0.1) is 5.10 Å². The van der Waals surface area contributed by atoms with Crippen molar-refractivity contribution in [1.82, 2.24) is 14.8 Å². The number of benzene rings is 2. The van der Waals surface area contributed by atoms with Gasteiger partial charge in [0, 0.05) is 6.42 Å². The van der Waals surface area contributed by atoms with Crippen molar-refractivity contribution < 1.29 is 14.6 Å². The summed E-state index contributed by atoms with van der Waals surface area (Å²) in [6.45, 7) is 2.59. The summed E-state index contributed by atoms with van der Waals surface area (Å²) in [6, 6.07) is 15.2. The molecule has 0 aliphatic heterocycles. The number of ether oxygens (including phenoxy) is 1. The molecule has 0 atom stereocenters. The van der Waals surface area contributed by atoms with E-state index >= 15 is 0 Å². The molecular weight excluding hydrogens is 342 g/mol. The Kier molecular flexibility index (Phi) is 5.66. The Morgan fingerprint density at radius 1 is 1.19 bits per heavy atom. The molecule has 0 amide bonds. The fraction of sp³-hybridized carbons (Fsp3) is 0.190. The normalized spacial score (nSPS) is 11.0. The predicted octanol–water partition coefficient (Wildman–Crippen LogP) is 3.82. The van der Waals surface area contributed by atoms with Gasteiger partial charge in [-0.05, 0) is 29.7 Å². The molecule has 2 aromatic carbocycles. The zero-order chi connectivity index (χ0) is 19.2. The molecule has 1 heterocycles. The molecule has 0 aliphatic carbocycles. The average molecular weight is 363 g/mol. The van der Waals surface area contributed by atoms with Gasteiger partial charge in [-0.25, -0.2) is 9.48 Å². The van der Waals surface area contributed by atoms with Crippen LogP contribution < -0.4 is 4.74 Å². The molecule has 1 N–H and O–H groups in total. The lowest BCUT2D eigenvalue weighted by atomic mass is 9.98. The second kappa shape index (κ2) is 8.31. The van der Waals surface area contributed by atoms with Crippen molar-refractivity contribution >= 4 is 5.97 Å². The van der Waals surface area contributed by atoms with Gasteiger partial charge in [0.1, 0.15) is 5.82 Å². The third-order valence-corrected chi connectivity index (χ3v) is 4.21. The molecule has 3 rings (SSSR count). The zero-order valence-corrected chi connectivity index (χ0v) is 15.3. The summed E-state index contributed by atoms with van der Waals surface area (Å²) < 4.78 is 6.95. The molecule has 0 aliphatic rings. The molecule has 0 radical (unpaired) electrons. The first-order valence-electron chi connectivity index (χ1n) is 8.63. The van der Waals surface area contributed by atoms with Crippen LogP contribution in [0, 0.1) is 0 Å². The summed E-state index contributed by atoms with van der Waals surface area (Å²) in [5.74, 6) is -0.123. The molecule has 1 aromatic heterocycles. The smallest absolute Gasteiger partial charge is 0.336 e. The van der Waals surface area contributed by atoms with Gasteiger partial charge < -0.3 is 9.84 Å². The van der Waals surface area contributed by atoms with Crippen molar-refractivity contribution in [3.8, 4) is 17.1 Å². The second-order valence-corrected chi connectivity index (χ2v) is 5.99. The molecule has 6 heteroatoms. The van der Waals surface area contributed by atoms with Crippen molar-refractivity contribution in [3.05, 3.63) is 77.6 Å². The van der Waals surface area contributed by atoms with Gasteiger partial charge in [0.05, 0.1) is 19.2 Å². The SMILES string of the molecule is C/C=C/Cn1nc(OC)nc1Cc1ccc(-c2ccccc2C(=O)O)cc1. The quantitative estimate of drug-likeness (QED) is 0.646. The summed E-state index contributed by atoms with van der Waals surface area (Å²) in [6.07, 6.45) is 4.57. The lowest BCUT2D eigenvalue weighted by Crippen LogP contribution is -2.05. The molecule has 0 saturated carbocycles. The van der Waals surface area contributed by atoms with E-state index in [0.717, 1.165) is 17.0 Å². The van der Waals surface area contributed by atoms with Gasteiger partial charge in [-0.2, -0.15) is 4.98 Å². The number of aromatic nitrogens is 3. The average Bonchev–Trinajstić information content (AvgIpc) is 3.08. The number of carbonyl (C=O) groups is 1. The van der Waals surface area contributed by atoms with E-state index in [2.05, 4.69) is 10.1 Å². The van der Waals surface area contributed by atoms with Crippen LogP contribution in [-0.2, 0) is 13.0 Å². The van der Waals surface area contributed by atoms with Crippen molar-refractivity contribution in [2.45, 2.75) is 19.9 Å². The monoisotopic (exact) mass is 363 g/mol. The third-order valence-electron chi connectivity index (χ3n) is 4.21. The van der Waals surface area contributed by atoms with Gasteiger partial charge in [-0.1, -0.05) is 54.6 Å². The van der Waals surface area contributed by atoms with Gasteiger partial charge in [0.2, 0.25) is 0 Å². The first-order chi connectivity index (χ1) is 13.1. The fourth-order valence-corrected chi connectivity index (χ4v) is 2.83. The molecule has 0 fully saturated rings. The van der Waals surface area contributed by atoms with Gasteiger partial charge in [0.15, 0.2) is 0 Å². The van der Waals surface area contributed by atoms with E-state index < -0.39 is 5.97 Å². The van der Waals surface area contributed by atoms with Crippen molar-refractivity contribution in [2.75, 3.05) is 7.11 Å². The summed E-state index contributed by atoms with van der Waals surface area (Å²) in [5.41, 5.74) is 2.92. The van der Waals surface area contributed by atoms with Crippen molar-refractivity contribution in [1.29, 1.82) is 0 Å². The molecule has 3 aromatic rings. The zero-order valence-electron chi connectivity index (χ0n) is 15.3. The lowest BCUT2D eigenvalue weighted by Gasteiger charge is -2.08. The molecule has 0 saturated heterocycles. The maximum Gasteiger partial charge on any atom is 0.336 e. The number of nitrogens with zero attached hydrogens (tertiary/aromatic N) is 3. The molecule has 0 bridgehead atoms. The maximum atomic E-state index is 11.4. The van der Waals surface area contributed by atoms with Crippen LogP contribution >= 0.6 is 0 Å². The van der Waals surface area contributed by atoms with Crippen LogP contribution in [0.15, 0.2) is 60.7 Å². The Balaban J connectivity index is 1.85. The molecule has 138 valence electrons. The second-order valence-electron chi connectivity index (χ2n) is 5.99. The van der Waals surface area contributed by atoms with Crippen LogP contribution in [0.2, 0.25) is 0 Å². The Morgan fingerprint density at radius 3 is 2.59 bits per heavy atom. The highest BCUT2D eigenvalue weighted by atomic mass is 16.5. The summed E-state index contributed by atoms with van der Waals surface area (Å²) in [5, 5.41) is 13.7. The van der Waals surface area contributed by atoms with E-state index in [1.807, 2.05) is 60.2 Å². The Morgan fingerprint density at radius 2 is 1.93 bits per heavy atom. The number of carboxylic acid groups (broad SMARTS) is 1.